The Labute approximate surface area is 106 Å². The Morgan fingerprint density at radius 1 is 1.28 bits per heavy atom. The molecule has 2 rings (SSSR count). The van der Waals surface area contributed by atoms with Crippen LogP contribution < -0.4 is 4.90 Å². The fourth-order valence-electron chi connectivity index (χ4n) is 1.66. The molecule has 1 aromatic carbocycles. The van der Waals surface area contributed by atoms with Gasteiger partial charge in [0, 0.05) is 18.9 Å². The number of aromatic nitrogens is 1. The van der Waals surface area contributed by atoms with Crippen LogP contribution in [0.1, 0.15) is 18.6 Å². The van der Waals surface area contributed by atoms with Crippen LogP contribution >= 0.6 is 0 Å². The molecule has 0 aliphatic heterocycles. The third-order valence-electron chi connectivity index (χ3n) is 2.79. The molecule has 0 bridgehead atoms. The highest BCUT2D eigenvalue weighted by Crippen LogP contribution is 2.23. The topological polar surface area (TPSA) is 36.4 Å². The van der Waals surface area contributed by atoms with E-state index in [9.17, 15) is 9.50 Å². The van der Waals surface area contributed by atoms with E-state index in [0.717, 1.165) is 11.3 Å². The third-order valence-corrected chi connectivity index (χ3v) is 2.79. The second-order valence-corrected chi connectivity index (χ2v) is 4.16. The number of rotatable bonds is 3. The number of hydrogen-bond acceptors (Lipinski definition) is 3. The van der Waals surface area contributed by atoms with Crippen LogP contribution in [-0.4, -0.2) is 17.1 Å². The molecule has 94 valence electrons. The second-order valence-electron chi connectivity index (χ2n) is 4.16. The molecule has 0 saturated carbocycles. The van der Waals surface area contributed by atoms with E-state index in [2.05, 4.69) is 4.98 Å². The molecule has 0 aliphatic carbocycles. The van der Waals surface area contributed by atoms with Crippen LogP contribution in [0.25, 0.3) is 0 Å². The summed E-state index contributed by atoms with van der Waals surface area (Å²) in [6.45, 7) is 1.69. The minimum atomic E-state index is -0.536. The lowest BCUT2D eigenvalue weighted by Crippen LogP contribution is -2.11. The normalized spacial score (nSPS) is 12.2. The van der Waals surface area contributed by atoms with Gasteiger partial charge in [-0.3, -0.25) is 0 Å². The molecule has 0 aliphatic rings. The maximum atomic E-state index is 13.1. The molecule has 1 aromatic heterocycles. The van der Waals surface area contributed by atoms with Crippen molar-refractivity contribution in [3.05, 3.63) is 54.0 Å². The van der Waals surface area contributed by atoms with Crippen molar-refractivity contribution in [3.8, 4) is 0 Å². The van der Waals surface area contributed by atoms with Crippen LogP contribution in [-0.2, 0) is 0 Å². The van der Waals surface area contributed by atoms with Crippen LogP contribution in [0.2, 0.25) is 0 Å². The summed E-state index contributed by atoms with van der Waals surface area (Å²) in [5.41, 5.74) is 1.48. The van der Waals surface area contributed by atoms with Gasteiger partial charge < -0.3 is 10.0 Å². The van der Waals surface area contributed by atoms with Gasteiger partial charge in [-0.1, -0.05) is 12.1 Å². The van der Waals surface area contributed by atoms with Gasteiger partial charge in [0.2, 0.25) is 0 Å². The van der Waals surface area contributed by atoms with Crippen molar-refractivity contribution in [2.75, 3.05) is 11.9 Å². The Kier molecular flexibility index (Phi) is 3.58. The molecule has 2 aromatic rings. The van der Waals surface area contributed by atoms with Gasteiger partial charge in [-0.25, -0.2) is 9.37 Å². The van der Waals surface area contributed by atoms with Gasteiger partial charge in [0.05, 0.1) is 6.10 Å². The van der Waals surface area contributed by atoms with Gasteiger partial charge in [0.1, 0.15) is 11.6 Å². The molecule has 4 heteroatoms. The van der Waals surface area contributed by atoms with Crippen molar-refractivity contribution < 1.29 is 9.50 Å². The molecular weight excluding hydrogens is 231 g/mol. The lowest BCUT2D eigenvalue weighted by molar-refractivity contribution is 0.199. The lowest BCUT2D eigenvalue weighted by atomic mass is 10.2. The monoisotopic (exact) mass is 246 g/mol. The molecular formula is C14H15FN2O. The number of aliphatic hydroxyl groups excluding tert-OH is 1. The Morgan fingerprint density at radius 2 is 2.06 bits per heavy atom. The predicted octanol–water partition coefficient (Wildman–Crippen LogP) is 3.04. The summed E-state index contributed by atoms with van der Waals surface area (Å²) in [5.74, 6) is 0.421. The van der Waals surface area contributed by atoms with Gasteiger partial charge in [-0.15, -0.1) is 0 Å². The van der Waals surface area contributed by atoms with Crippen molar-refractivity contribution in [3.63, 3.8) is 0 Å². The number of pyridine rings is 1. The predicted molar refractivity (Wildman–Crippen MR) is 69.3 cm³/mol. The summed E-state index contributed by atoms with van der Waals surface area (Å²) in [6, 6.07) is 9.93. The Morgan fingerprint density at radius 3 is 2.61 bits per heavy atom. The number of hydrogen-bond donors (Lipinski definition) is 1. The molecule has 0 saturated heterocycles. The molecule has 0 fully saturated rings. The molecule has 18 heavy (non-hydrogen) atoms. The highest BCUT2D eigenvalue weighted by atomic mass is 19.1. The number of aliphatic hydroxyl groups is 1. The molecule has 0 amide bonds. The summed E-state index contributed by atoms with van der Waals surface area (Å²) < 4.78 is 13.1. The van der Waals surface area contributed by atoms with Gasteiger partial charge in [0.25, 0.3) is 0 Å². The van der Waals surface area contributed by atoms with E-state index in [0.29, 0.717) is 5.82 Å². The first-order valence-corrected chi connectivity index (χ1v) is 5.71. The summed E-state index contributed by atoms with van der Waals surface area (Å²) >= 11 is 0. The molecule has 3 nitrogen and oxygen atoms in total. The fourth-order valence-corrected chi connectivity index (χ4v) is 1.66. The fraction of sp³-hybridized carbons (Fsp3) is 0.214. The maximum absolute atomic E-state index is 13.1. The van der Waals surface area contributed by atoms with E-state index in [1.165, 1.54) is 12.1 Å². The average molecular weight is 246 g/mol. The summed E-state index contributed by atoms with van der Waals surface area (Å²) in [4.78, 5) is 6.04. The highest BCUT2D eigenvalue weighted by molar-refractivity contribution is 5.58. The van der Waals surface area contributed by atoms with Gasteiger partial charge in [0.15, 0.2) is 0 Å². The van der Waals surface area contributed by atoms with Crippen LogP contribution in [0.4, 0.5) is 15.9 Å². The van der Waals surface area contributed by atoms with Crippen LogP contribution in [0, 0.1) is 5.82 Å². The molecule has 1 unspecified atom stereocenters. The molecule has 0 radical (unpaired) electrons. The van der Waals surface area contributed by atoms with Gasteiger partial charge >= 0.3 is 0 Å². The van der Waals surface area contributed by atoms with E-state index in [-0.39, 0.29) is 5.82 Å². The smallest absolute Gasteiger partial charge is 0.132 e. The van der Waals surface area contributed by atoms with Crippen LogP contribution in [0.5, 0.6) is 0 Å². The summed E-state index contributed by atoms with van der Waals surface area (Å²) in [6.07, 6.45) is 1.08. The van der Waals surface area contributed by atoms with E-state index < -0.39 is 6.10 Å². The summed E-state index contributed by atoms with van der Waals surface area (Å²) in [5, 5.41) is 9.40. The summed E-state index contributed by atoms with van der Waals surface area (Å²) in [7, 11) is 1.82. The first kappa shape index (κ1) is 12.5. The number of nitrogens with zero attached hydrogens (tertiary/aromatic N) is 2. The standard InChI is InChI=1S/C14H15FN2O/c1-10(18)11-6-7-14(16-9-11)17(2)13-5-3-4-12(15)8-13/h3-10,18H,1-2H3. The maximum Gasteiger partial charge on any atom is 0.132 e. The number of anilines is 2. The van der Waals surface area contributed by atoms with Crippen molar-refractivity contribution in [2.24, 2.45) is 0 Å². The minimum absolute atomic E-state index is 0.278. The Hall–Kier alpha value is -1.94. The first-order valence-electron chi connectivity index (χ1n) is 5.71. The zero-order valence-electron chi connectivity index (χ0n) is 10.3. The van der Waals surface area contributed by atoms with Crippen molar-refractivity contribution in [1.29, 1.82) is 0 Å². The van der Waals surface area contributed by atoms with Gasteiger partial charge in [-0.05, 0) is 36.8 Å². The lowest BCUT2D eigenvalue weighted by Gasteiger charge is -2.18. The Bertz CT molecular complexity index is 526. The van der Waals surface area contributed by atoms with Crippen LogP contribution in [0.15, 0.2) is 42.6 Å². The van der Waals surface area contributed by atoms with E-state index in [1.54, 1.807) is 30.2 Å². The van der Waals surface area contributed by atoms with E-state index in [4.69, 9.17) is 0 Å². The first-order chi connectivity index (χ1) is 8.58. The largest absolute Gasteiger partial charge is 0.389 e. The van der Waals surface area contributed by atoms with Crippen molar-refractivity contribution in [2.45, 2.75) is 13.0 Å². The Balaban J connectivity index is 2.26. The number of halogens is 1. The van der Waals surface area contributed by atoms with Crippen molar-refractivity contribution >= 4 is 11.5 Å². The van der Waals surface area contributed by atoms with E-state index >= 15 is 0 Å². The average Bonchev–Trinajstić information content (AvgIpc) is 2.38. The molecule has 1 N–H and O–H groups in total. The van der Waals surface area contributed by atoms with Gasteiger partial charge in [-0.2, -0.15) is 0 Å². The molecule has 0 spiro atoms. The van der Waals surface area contributed by atoms with E-state index in [1.807, 2.05) is 19.2 Å². The zero-order valence-corrected chi connectivity index (χ0v) is 10.3. The highest BCUT2D eigenvalue weighted by Gasteiger charge is 2.07. The zero-order chi connectivity index (χ0) is 13.1. The third kappa shape index (κ3) is 2.65. The second kappa shape index (κ2) is 5.14. The quantitative estimate of drug-likeness (QED) is 0.904. The van der Waals surface area contributed by atoms with Crippen molar-refractivity contribution in [1.82, 2.24) is 4.98 Å². The minimum Gasteiger partial charge on any atom is -0.389 e. The molecule has 1 atom stereocenters. The number of benzene rings is 1. The molecule has 1 heterocycles. The van der Waals surface area contributed by atoms with Crippen LogP contribution in [0.3, 0.4) is 0 Å². The SMILES string of the molecule is CC(O)c1ccc(N(C)c2cccc(F)c2)nc1.